The molecule has 0 aliphatic heterocycles. The number of hydrogen-bond acceptors (Lipinski definition) is 2. The second-order valence-corrected chi connectivity index (χ2v) is 6.24. The summed E-state index contributed by atoms with van der Waals surface area (Å²) in [5.74, 6) is 0.606. The van der Waals surface area contributed by atoms with Crippen LogP contribution in [0.5, 0.6) is 0 Å². The molecule has 94 valence electrons. The minimum Gasteiger partial charge on any atom is -0.340 e. The van der Waals surface area contributed by atoms with E-state index in [0.29, 0.717) is 5.92 Å². The Morgan fingerprint density at radius 2 is 2.06 bits per heavy atom. The predicted molar refractivity (Wildman–Crippen MR) is 66.0 cm³/mol. The fourth-order valence-corrected chi connectivity index (χ4v) is 2.92. The fourth-order valence-electron chi connectivity index (χ4n) is 2.92. The Bertz CT molecular complexity index is 339. The monoisotopic (exact) mass is 234 g/mol. The molecule has 3 nitrogen and oxygen atoms in total. The molecule has 3 heteroatoms. The maximum Gasteiger partial charge on any atom is 0.224 e. The molecule has 2 saturated carbocycles. The van der Waals surface area contributed by atoms with Crippen molar-refractivity contribution in [2.75, 3.05) is 0 Å². The van der Waals surface area contributed by atoms with Gasteiger partial charge in [-0.3, -0.25) is 4.79 Å². The zero-order valence-electron chi connectivity index (χ0n) is 10.8. The fraction of sp³-hybridized carbons (Fsp3) is 0.857. The first-order valence-electron chi connectivity index (χ1n) is 6.74. The molecule has 2 atom stereocenters. The van der Waals surface area contributed by atoms with E-state index in [1.54, 1.807) is 0 Å². The van der Waals surface area contributed by atoms with E-state index < -0.39 is 0 Å². The van der Waals surface area contributed by atoms with E-state index in [0.717, 1.165) is 32.1 Å². The lowest BCUT2D eigenvalue weighted by molar-refractivity contribution is -0.130. The summed E-state index contributed by atoms with van der Waals surface area (Å²) in [5.41, 5.74) is 0.0892. The van der Waals surface area contributed by atoms with Gasteiger partial charge in [0.25, 0.3) is 0 Å². The first kappa shape index (κ1) is 12.4. The predicted octanol–water partition coefficient (Wildman–Crippen LogP) is 2.62. The van der Waals surface area contributed by atoms with Gasteiger partial charge in [0, 0.05) is 5.92 Å². The van der Waals surface area contributed by atoms with Crippen molar-refractivity contribution < 1.29 is 4.79 Å². The molecular weight excluding hydrogens is 212 g/mol. The Balaban J connectivity index is 1.96. The molecule has 2 unspecified atom stereocenters. The molecule has 0 bridgehead atoms. The van der Waals surface area contributed by atoms with Crippen LogP contribution in [-0.4, -0.2) is 11.9 Å². The Hall–Kier alpha value is -1.04. The summed E-state index contributed by atoms with van der Waals surface area (Å²) in [5, 5.41) is 12.0. The summed E-state index contributed by atoms with van der Waals surface area (Å²) in [6, 6.07) is 1.98. The first-order chi connectivity index (χ1) is 8.04. The second-order valence-electron chi connectivity index (χ2n) is 6.24. The van der Waals surface area contributed by atoms with Crippen LogP contribution in [0.2, 0.25) is 0 Å². The first-order valence-corrected chi connectivity index (χ1v) is 6.74. The quantitative estimate of drug-likeness (QED) is 0.816. The molecule has 0 saturated heterocycles. The topological polar surface area (TPSA) is 52.9 Å². The molecule has 2 fully saturated rings. The number of nitrogens with one attached hydrogen (secondary N) is 1. The highest BCUT2D eigenvalue weighted by atomic mass is 16.2. The van der Waals surface area contributed by atoms with E-state index in [-0.39, 0.29) is 23.3 Å². The highest BCUT2D eigenvalue weighted by Gasteiger charge is 2.39. The van der Waals surface area contributed by atoms with Crippen molar-refractivity contribution in [1.82, 2.24) is 5.32 Å². The third-order valence-electron chi connectivity index (χ3n) is 4.35. The van der Waals surface area contributed by atoms with Gasteiger partial charge in [-0.25, -0.2) is 0 Å². The summed E-state index contributed by atoms with van der Waals surface area (Å²) < 4.78 is 0. The molecule has 0 heterocycles. The van der Waals surface area contributed by atoms with Gasteiger partial charge in [0.05, 0.1) is 6.07 Å². The number of nitriles is 1. The smallest absolute Gasteiger partial charge is 0.224 e. The lowest BCUT2D eigenvalue weighted by atomic mass is 9.68. The maximum atomic E-state index is 12.3. The molecule has 2 aliphatic rings. The Labute approximate surface area is 104 Å². The van der Waals surface area contributed by atoms with Gasteiger partial charge < -0.3 is 5.32 Å². The standard InChI is InChI=1S/C14H22N2O/c1-14(2)8-4-3-5-11(14)13(17)16-12(9-15)10-6-7-10/h10-12H,3-8H2,1-2H3,(H,16,17). The highest BCUT2D eigenvalue weighted by molar-refractivity contribution is 5.80. The summed E-state index contributed by atoms with van der Waals surface area (Å²) in [4.78, 5) is 12.3. The van der Waals surface area contributed by atoms with Crippen LogP contribution in [0.1, 0.15) is 52.4 Å². The second kappa shape index (κ2) is 4.68. The number of hydrogen-bond donors (Lipinski definition) is 1. The third-order valence-corrected chi connectivity index (χ3v) is 4.35. The van der Waals surface area contributed by atoms with Crippen LogP contribution < -0.4 is 5.32 Å². The van der Waals surface area contributed by atoms with Gasteiger partial charge in [-0.1, -0.05) is 26.7 Å². The van der Waals surface area contributed by atoms with E-state index in [1.165, 1.54) is 6.42 Å². The normalized spacial score (nSPS) is 29.1. The van der Waals surface area contributed by atoms with E-state index in [2.05, 4.69) is 25.2 Å². The molecule has 0 aromatic rings. The molecular formula is C14H22N2O. The summed E-state index contributed by atoms with van der Waals surface area (Å²) in [6.07, 6.45) is 6.63. The lowest BCUT2D eigenvalue weighted by Gasteiger charge is -2.37. The van der Waals surface area contributed by atoms with Crippen molar-refractivity contribution in [3.05, 3.63) is 0 Å². The van der Waals surface area contributed by atoms with Crippen molar-refractivity contribution in [3.63, 3.8) is 0 Å². The lowest BCUT2D eigenvalue weighted by Crippen LogP contribution is -2.45. The van der Waals surface area contributed by atoms with Crippen molar-refractivity contribution in [2.24, 2.45) is 17.3 Å². The Morgan fingerprint density at radius 3 is 2.59 bits per heavy atom. The van der Waals surface area contributed by atoms with Gasteiger partial charge in [0.1, 0.15) is 6.04 Å². The van der Waals surface area contributed by atoms with Crippen molar-refractivity contribution in [1.29, 1.82) is 5.26 Å². The van der Waals surface area contributed by atoms with Crippen LogP contribution >= 0.6 is 0 Å². The number of nitrogens with zero attached hydrogens (tertiary/aromatic N) is 1. The molecule has 0 aromatic carbocycles. The molecule has 2 rings (SSSR count). The minimum absolute atomic E-state index is 0.0887. The van der Waals surface area contributed by atoms with Crippen molar-refractivity contribution >= 4 is 5.91 Å². The van der Waals surface area contributed by atoms with Gasteiger partial charge >= 0.3 is 0 Å². The molecule has 17 heavy (non-hydrogen) atoms. The molecule has 2 aliphatic carbocycles. The van der Waals surface area contributed by atoms with E-state index in [4.69, 9.17) is 5.26 Å². The van der Waals surface area contributed by atoms with E-state index >= 15 is 0 Å². The highest BCUT2D eigenvalue weighted by Crippen LogP contribution is 2.41. The van der Waals surface area contributed by atoms with Gasteiger partial charge in [0.15, 0.2) is 0 Å². The van der Waals surface area contributed by atoms with Crippen LogP contribution in [-0.2, 0) is 4.79 Å². The van der Waals surface area contributed by atoms with Crippen LogP contribution in [0.15, 0.2) is 0 Å². The van der Waals surface area contributed by atoms with Crippen LogP contribution in [0.3, 0.4) is 0 Å². The number of rotatable bonds is 3. The van der Waals surface area contributed by atoms with Gasteiger partial charge in [-0.05, 0) is 37.0 Å². The van der Waals surface area contributed by atoms with Crippen molar-refractivity contribution in [2.45, 2.75) is 58.4 Å². The molecule has 1 N–H and O–H groups in total. The molecule has 0 aromatic heterocycles. The average Bonchev–Trinajstić information content (AvgIpc) is 3.08. The Kier molecular flexibility index (Phi) is 3.42. The summed E-state index contributed by atoms with van der Waals surface area (Å²) in [7, 11) is 0. The SMILES string of the molecule is CC1(C)CCCCC1C(=O)NC(C#N)C1CC1. The van der Waals surface area contributed by atoms with Crippen LogP contribution in [0, 0.1) is 28.6 Å². The minimum atomic E-state index is -0.250. The zero-order chi connectivity index (χ0) is 12.5. The molecule has 0 radical (unpaired) electrons. The van der Waals surface area contributed by atoms with Gasteiger partial charge in [0.2, 0.25) is 5.91 Å². The van der Waals surface area contributed by atoms with Gasteiger partial charge in [-0.2, -0.15) is 5.26 Å². The number of carbonyl (C=O) groups excluding carboxylic acids is 1. The van der Waals surface area contributed by atoms with Crippen LogP contribution in [0.4, 0.5) is 0 Å². The number of carbonyl (C=O) groups is 1. The summed E-state index contributed by atoms with van der Waals surface area (Å²) >= 11 is 0. The third kappa shape index (κ3) is 2.80. The van der Waals surface area contributed by atoms with Crippen LogP contribution in [0.25, 0.3) is 0 Å². The largest absolute Gasteiger partial charge is 0.340 e. The van der Waals surface area contributed by atoms with E-state index in [1.807, 2.05) is 0 Å². The molecule has 0 spiro atoms. The van der Waals surface area contributed by atoms with Gasteiger partial charge in [-0.15, -0.1) is 0 Å². The average molecular weight is 234 g/mol. The zero-order valence-corrected chi connectivity index (χ0v) is 10.8. The maximum absolute atomic E-state index is 12.3. The molecule has 1 amide bonds. The number of amides is 1. The van der Waals surface area contributed by atoms with E-state index in [9.17, 15) is 4.79 Å². The Morgan fingerprint density at radius 1 is 1.35 bits per heavy atom. The van der Waals surface area contributed by atoms with Crippen molar-refractivity contribution in [3.8, 4) is 6.07 Å². The summed E-state index contributed by atoms with van der Waals surface area (Å²) in [6.45, 7) is 4.35.